The topological polar surface area (TPSA) is 88.2 Å². The summed E-state index contributed by atoms with van der Waals surface area (Å²) >= 11 is 5.96. The zero-order valence-electron chi connectivity index (χ0n) is 20.6. The third-order valence-electron chi connectivity index (χ3n) is 5.92. The number of nitrogens with zero attached hydrogens (tertiary/aromatic N) is 2. The summed E-state index contributed by atoms with van der Waals surface area (Å²) in [7, 11) is -4.09. The molecule has 4 rings (SSSR count). The van der Waals surface area contributed by atoms with Crippen LogP contribution in [0.1, 0.15) is 12.5 Å². The van der Waals surface area contributed by atoms with Gasteiger partial charge in [0.1, 0.15) is 12.3 Å². The SMILES string of the molecule is CCOc1ccccc1N(CC(=O)NCc1ccc(N2CCOCC2)cc1)S(=O)(=O)c1ccc(Cl)cc1. The van der Waals surface area contributed by atoms with Crippen molar-refractivity contribution in [2.75, 3.05) is 48.7 Å². The number of hydrogen-bond acceptors (Lipinski definition) is 6. The van der Waals surface area contributed by atoms with Gasteiger partial charge in [-0.1, -0.05) is 35.9 Å². The molecule has 0 atom stereocenters. The number of nitrogens with one attached hydrogen (secondary N) is 1. The first-order valence-corrected chi connectivity index (χ1v) is 13.9. The second-order valence-corrected chi connectivity index (χ2v) is 10.7. The quantitative estimate of drug-likeness (QED) is 0.414. The van der Waals surface area contributed by atoms with E-state index in [4.69, 9.17) is 21.1 Å². The molecule has 37 heavy (non-hydrogen) atoms. The average Bonchev–Trinajstić information content (AvgIpc) is 2.92. The van der Waals surface area contributed by atoms with E-state index in [9.17, 15) is 13.2 Å². The number of para-hydroxylation sites is 2. The molecule has 0 unspecified atom stereocenters. The van der Waals surface area contributed by atoms with Crippen LogP contribution in [-0.2, 0) is 26.1 Å². The van der Waals surface area contributed by atoms with Gasteiger partial charge < -0.3 is 19.7 Å². The first-order valence-electron chi connectivity index (χ1n) is 12.1. The van der Waals surface area contributed by atoms with Crippen LogP contribution in [0.4, 0.5) is 11.4 Å². The maximum absolute atomic E-state index is 13.6. The van der Waals surface area contributed by atoms with E-state index in [-0.39, 0.29) is 17.1 Å². The molecule has 196 valence electrons. The van der Waals surface area contributed by atoms with E-state index in [0.717, 1.165) is 28.6 Å². The molecule has 1 fully saturated rings. The Morgan fingerprint density at radius 1 is 1.03 bits per heavy atom. The van der Waals surface area contributed by atoms with Crippen LogP contribution >= 0.6 is 11.6 Å². The molecule has 1 aliphatic heterocycles. The minimum Gasteiger partial charge on any atom is -0.492 e. The molecule has 1 heterocycles. The number of rotatable bonds is 10. The van der Waals surface area contributed by atoms with E-state index < -0.39 is 22.5 Å². The summed E-state index contributed by atoms with van der Waals surface area (Å²) < 4.78 is 39.4. The van der Waals surface area contributed by atoms with Crippen LogP contribution in [0, 0.1) is 0 Å². The number of carbonyl (C=O) groups is 1. The van der Waals surface area contributed by atoms with Gasteiger partial charge in [0.2, 0.25) is 5.91 Å². The van der Waals surface area contributed by atoms with Crippen molar-refractivity contribution in [1.82, 2.24) is 5.32 Å². The molecule has 1 aliphatic rings. The van der Waals surface area contributed by atoms with E-state index in [1.54, 1.807) is 24.3 Å². The van der Waals surface area contributed by atoms with Gasteiger partial charge in [-0.15, -0.1) is 0 Å². The molecule has 0 aliphatic carbocycles. The molecule has 10 heteroatoms. The first-order chi connectivity index (χ1) is 17.9. The number of ether oxygens (including phenoxy) is 2. The fourth-order valence-electron chi connectivity index (χ4n) is 4.01. The summed E-state index contributed by atoms with van der Waals surface area (Å²) in [6, 6.07) is 20.5. The number of carbonyl (C=O) groups excluding carboxylic acids is 1. The summed E-state index contributed by atoms with van der Waals surface area (Å²) in [5.74, 6) is -0.0739. The molecule has 3 aromatic carbocycles. The lowest BCUT2D eigenvalue weighted by Crippen LogP contribution is -2.41. The van der Waals surface area contributed by atoms with Gasteiger partial charge in [0.15, 0.2) is 0 Å². The summed E-state index contributed by atoms with van der Waals surface area (Å²) in [5.41, 5.74) is 2.29. The van der Waals surface area contributed by atoms with E-state index in [0.29, 0.717) is 30.6 Å². The largest absolute Gasteiger partial charge is 0.492 e. The Kier molecular flexibility index (Phi) is 8.91. The second kappa shape index (κ2) is 12.3. The normalized spacial score (nSPS) is 13.7. The van der Waals surface area contributed by atoms with Crippen molar-refractivity contribution in [1.29, 1.82) is 0 Å². The van der Waals surface area contributed by atoms with Crippen molar-refractivity contribution in [2.24, 2.45) is 0 Å². The average molecular weight is 544 g/mol. The number of morpholine rings is 1. The van der Waals surface area contributed by atoms with Crippen LogP contribution in [0.2, 0.25) is 5.02 Å². The molecule has 0 spiro atoms. The van der Waals surface area contributed by atoms with Crippen molar-refractivity contribution >= 4 is 38.9 Å². The molecule has 0 bridgehead atoms. The Balaban J connectivity index is 1.51. The van der Waals surface area contributed by atoms with Crippen molar-refractivity contribution in [3.8, 4) is 5.75 Å². The molecule has 0 radical (unpaired) electrons. The number of benzene rings is 3. The Hall–Kier alpha value is -3.27. The van der Waals surface area contributed by atoms with Crippen molar-refractivity contribution in [3.63, 3.8) is 0 Å². The van der Waals surface area contributed by atoms with Crippen molar-refractivity contribution in [2.45, 2.75) is 18.4 Å². The number of hydrogen-bond donors (Lipinski definition) is 1. The third-order valence-corrected chi connectivity index (χ3v) is 7.95. The lowest BCUT2D eigenvalue weighted by Gasteiger charge is -2.29. The highest BCUT2D eigenvalue weighted by Crippen LogP contribution is 2.32. The Bertz CT molecular complexity index is 1290. The number of anilines is 2. The van der Waals surface area contributed by atoms with E-state index >= 15 is 0 Å². The van der Waals surface area contributed by atoms with E-state index in [2.05, 4.69) is 10.2 Å². The zero-order chi connectivity index (χ0) is 26.3. The van der Waals surface area contributed by atoms with Gasteiger partial charge in [0.05, 0.1) is 30.4 Å². The molecule has 3 aromatic rings. The maximum Gasteiger partial charge on any atom is 0.264 e. The fourth-order valence-corrected chi connectivity index (χ4v) is 5.56. The van der Waals surface area contributed by atoms with Gasteiger partial charge in [-0.05, 0) is 61.0 Å². The lowest BCUT2D eigenvalue weighted by atomic mass is 10.2. The molecule has 0 saturated carbocycles. The summed E-state index contributed by atoms with van der Waals surface area (Å²) in [6.07, 6.45) is 0. The second-order valence-electron chi connectivity index (χ2n) is 8.41. The minimum atomic E-state index is -4.09. The number of halogens is 1. The van der Waals surface area contributed by atoms with Gasteiger partial charge in [0.25, 0.3) is 10.0 Å². The number of sulfonamides is 1. The number of amides is 1. The molecular formula is C27H30ClN3O5S. The van der Waals surface area contributed by atoms with Crippen LogP contribution in [0.5, 0.6) is 5.75 Å². The predicted octanol–water partition coefficient (Wildman–Crippen LogP) is 4.09. The monoisotopic (exact) mass is 543 g/mol. The summed E-state index contributed by atoms with van der Waals surface area (Å²) in [4.78, 5) is 15.3. The summed E-state index contributed by atoms with van der Waals surface area (Å²) in [5, 5.41) is 3.26. The predicted molar refractivity (Wildman–Crippen MR) is 145 cm³/mol. The smallest absolute Gasteiger partial charge is 0.264 e. The van der Waals surface area contributed by atoms with E-state index in [1.165, 1.54) is 24.3 Å². The highest BCUT2D eigenvalue weighted by atomic mass is 35.5. The molecule has 1 N–H and O–H groups in total. The summed E-state index contributed by atoms with van der Waals surface area (Å²) in [6.45, 7) is 5.11. The van der Waals surface area contributed by atoms with Crippen LogP contribution in [-0.4, -0.2) is 53.8 Å². The minimum absolute atomic E-state index is 0.0229. The highest BCUT2D eigenvalue weighted by Gasteiger charge is 2.29. The molecular weight excluding hydrogens is 514 g/mol. The maximum atomic E-state index is 13.6. The van der Waals surface area contributed by atoms with Gasteiger partial charge >= 0.3 is 0 Å². The van der Waals surface area contributed by atoms with Gasteiger partial charge in [-0.3, -0.25) is 9.10 Å². The van der Waals surface area contributed by atoms with Crippen molar-refractivity contribution in [3.05, 3.63) is 83.4 Å². The van der Waals surface area contributed by atoms with Gasteiger partial charge in [-0.2, -0.15) is 0 Å². The Morgan fingerprint density at radius 3 is 2.38 bits per heavy atom. The standard InChI is InChI=1S/C27H30ClN3O5S/c1-2-36-26-6-4-3-5-25(26)31(37(33,34)24-13-9-22(28)10-14-24)20-27(32)29-19-21-7-11-23(12-8-21)30-15-17-35-18-16-30/h3-14H,2,15-20H2,1H3,(H,29,32). The Labute approximate surface area is 222 Å². The van der Waals surface area contributed by atoms with Gasteiger partial charge in [0, 0.05) is 30.3 Å². The van der Waals surface area contributed by atoms with Gasteiger partial charge in [-0.25, -0.2) is 8.42 Å². The molecule has 1 amide bonds. The fraction of sp³-hybridized carbons (Fsp3) is 0.296. The lowest BCUT2D eigenvalue weighted by molar-refractivity contribution is -0.119. The van der Waals surface area contributed by atoms with Crippen LogP contribution in [0.15, 0.2) is 77.7 Å². The third kappa shape index (κ3) is 6.74. The first kappa shape index (κ1) is 26.8. The van der Waals surface area contributed by atoms with Crippen LogP contribution in [0.25, 0.3) is 0 Å². The molecule has 0 aromatic heterocycles. The Morgan fingerprint density at radius 2 is 1.70 bits per heavy atom. The van der Waals surface area contributed by atoms with Crippen LogP contribution < -0.4 is 19.3 Å². The van der Waals surface area contributed by atoms with E-state index in [1.807, 2.05) is 31.2 Å². The molecule has 1 saturated heterocycles. The zero-order valence-corrected chi connectivity index (χ0v) is 22.2. The van der Waals surface area contributed by atoms with Crippen LogP contribution in [0.3, 0.4) is 0 Å². The molecule has 8 nitrogen and oxygen atoms in total. The van der Waals surface area contributed by atoms with Crippen molar-refractivity contribution < 1.29 is 22.7 Å². The highest BCUT2D eigenvalue weighted by molar-refractivity contribution is 7.92.